The number of benzene rings is 10. The van der Waals surface area contributed by atoms with E-state index in [0.29, 0.717) is 0 Å². The molecule has 0 radical (unpaired) electrons. The van der Waals surface area contributed by atoms with Crippen LogP contribution in [0.5, 0.6) is 0 Å². The minimum absolute atomic E-state index is 0.508. The van der Waals surface area contributed by atoms with Crippen LogP contribution in [0.3, 0.4) is 0 Å². The van der Waals surface area contributed by atoms with Crippen molar-refractivity contribution in [3.63, 3.8) is 0 Å². The van der Waals surface area contributed by atoms with Crippen LogP contribution in [0.2, 0.25) is 0 Å². The average molecular weight is 760 g/mol. The van der Waals surface area contributed by atoms with E-state index in [1.54, 1.807) is 0 Å². The van der Waals surface area contributed by atoms with E-state index in [9.17, 15) is 0 Å². The molecule has 0 aromatic heterocycles. The van der Waals surface area contributed by atoms with E-state index in [1.807, 2.05) is 0 Å². The van der Waals surface area contributed by atoms with Crippen molar-refractivity contribution in [1.29, 1.82) is 0 Å². The number of anilines is 3. The van der Waals surface area contributed by atoms with Gasteiger partial charge in [0.25, 0.3) is 0 Å². The Morgan fingerprint density at radius 1 is 0.267 bits per heavy atom. The molecule has 60 heavy (non-hydrogen) atoms. The zero-order valence-corrected chi connectivity index (χ0v) is 32.8. The molecule has 1 spiro atoms. The predicted molar refractivity (Wildman–Crippen MR) is 250 cm³/mol. The van der Waals surface area contributed by atoms with Crippen molar-refractivity contribution >= 4 is 27.8 Å². The molecule has 0 N–H and O–H groups in total. The average Bonchev–Trinajstić information content (AvgIpc) is 3.92. The first-order chi connectivity index (χ1) is 29.8. The minimum atomic E-state index is -0.508. The molecule has 0 saturated heterocycles. The second-order valence-corrected chi connectivity index (χ2v) is 16.4. The third-order valence-corrected chi connectivity index (χ3v) is 13.4. The van der Waals surface area contributed by atoms with Gasteiger partial charge in [-0.3, -0.25) is 0 Å². The largest absolute Gasteiger partial charge is 0.310 e. The summed E-state index contributed by atoms with van der Waals surface area (Å²) in [4.78, 5) is 2.44. The second kappa shape index (κ2) is 12.6. The Balaban J connectivity index is 1.06. The van der Waals surface area contributed by atoms with E-state index >= 15 is 0 Å². The first kappa shape index (κ1) is 33.3. The number of rotatable bonds is 5. The maximum atomic E-state index is 2.56. The fourth-order valence-corrected chi connectivity index (χ4v) is 10.9. The quantitative estimate of drug-likeness (QED) is 0.169. The molecule has 0 bridgehead atoms. The molecule has 0 saturated carbocycles. The normalized spacial score (nSPS) is 14.7. The summed E-state index contributed by atoms with van der Waals surface area (Å²) in [6, 6.07) is 83.4. The van der Waals surface area contributed by atoms with Gasteiger partial charge in [0.05, 0.1) is 5.41 Å². The summed E-state index contributed by atoms with van der Waals surface area (Å²) < 4.78 is 0. The summed E-state index contributed by atoms with van der Waals surface area (Å²) in [6.45, 7) is 0. The molecule has 10 aromatic carbocycles. The molecule has 0 fully saturated rings. The Morgan fingerprint density at radius 2 is 0.733 bits per heavy atom. The highest BCUT2D eigenvalue weighted by atomic mass is 15.1. The van der Waals surface area contributed by atoms with Crippen LogP contribution in [0.1, 0.15) is 22.3 Å². The van der Waals surface area contributed by atoms with E-state index in [-0.39, 0.29) is 0 Å². The fourth-order valence-electron chi connectivity index (χ4n) is 10.9. The zero-order chi connectivity index (χ0) is 39.4. The lowest BCUT2D eigenvalue weighted by molar-refractivity contribution is 0.794. The van der Waals surface area contributed by atoms with Crippen molar-refractivity contribution in [2.75, 3.05) is 4.90 Å². The van der Waals surface area contributed by atoms with Crippen molar-refractivity contribution in [2.45, 2.75) is 5.41 Å². The van der Waals surface area contributed by atoms with E-state index < -0.39 is 5.41 Å². The van der Waals surface area contributed by atoms with Crippen LogP contribution in [0.4, 0.5) is 17.1 Å². The summed E-state index contributed by atoms with van der Waals surface area (Å²) in [6.07, 6.45) is 0. The van der Waals surface area contributed by atoms with Crippen LogP contribution in [0.25, 0.3) is 77.5 Å². The van der Waals surface area contributed by atoms with Crippen LogP contribution in [0.15, 0.2) is 224 Å². The molecule has 278 valence electrons. The maximum Gasteiger partial charge on any atom is 0.0726 e. The lowest BCUT2D eigenvalue weighted by atomic mass is 9.70. The molecule has 0 aliphatic heterocycles. The van der Waals surface area contributed by atoms with E-state index in [4.69, 9.17) is 0 Å². The van der Waals surface area contributed by atoms with Gasteiger partial charge in [0.2, 0.25) is 0 Å². The molecule has 1 unspecified atom stereocenters. The molecule has 3 aliphatic carbocycles. The topological polar surface area (TPSA) is 3.24 Å². The van der Waals surface area contributed by atoms with Crippen molar-refractivity contribution < 1.29 is 0 Å². The van der Waals surface area contributed by atoms with Gasteiger partial charge in [-0.25, -0.2) is 0 Å². The van der Waals surface area contributed by atoms with Gasteiger partial charge < -0.3 is 4.90 Å². The van der Waals surface area contributed by atoms with Gasteiger partial charge in [0.15, 0.2) is 0 Å². The van der Waals surface area contributed by atoms with E-state index in [2.05, 4.69) is 229 Å². The number of nitrogens with zero attached hydrogens (tertiary/aromatic N) is 1. The van der Waals surface area contributed by atoms with Gasteiger partial charge in [0, 0.05) is 17.1 Å². The summed E-state index contributed by atoms with van der Waals surface area (Å²) in [7, 11) is 0. The highest BCUT2D eigenvalue weighted by Crippen LogP contribution is 2.66. The molecular weight excluding hydrogens is 723 g/mol. The third kappa shape index (κ3) is 4.52. The Morgan fingerprint density at radius 3 is 1.37 bits per heavy atom. The fraction of sp³-hybridized carbons (Fsp3) is 0.0169. The lowest BCUT2D eigenvalue weighted by Gasteiger charge is -2.32. The third-order valence-electron chi connectivity index (χ3n) is 13.4. The summed E-state index contributed by atoms with van der Waals surface area (Å²) in [5.41, 5.74) is 23.7. The van der Waals surface area contributed by atoms with Crippen LogP contribution in [0, 0.1) is 0 Å². The molecule has 1 nitrogen and oxygen atoms in total. The van der Waals surface area contributed by atoms with E-state index in [1.165, 1.54) is 99.8 Å². The van der Waals surface area contributed by atoms with Crippen molar-refractivity contribution in [1.82, 2.24) is 0 Å². The van der Waals surface area contributed by atoms with Gasteiger partial charge in [-0.15, -0.1) is 0 Å². The molecule has 13 rings (SSSR count). The number of hydrogen-bond donors (Lipinski definition) is 0. The number of fused-ring (bicyclic) bond motifs is 14. The molecule has 0 heterocycles. The highest BCUT2D eigenvalue weighted by molar-refractivity contribution is 6.21. The minimum Gasteiger partial charge on any atom is -0.310 e. The number of hydrogen-bond acceptors (Lipinski definition) is 1. The molecule has 10 aromatic rings. The van der Waals surface area contributed by atoms with Crippen molar-refractivity contribution in [3.05, 3.63) is 247 Å². The van der Waals surface area contributed by atoms with Gasteiger partial charge in [-0.2, -0.15) is 0 Å². The summed E-state index contributed by atoms with van der Waals surface area (Å²) in [5, 5.41) is 2.70. The highest BCUT2D eigenvalue weighted by Gasteiger charge is 2.53. The molecular formula is C59H37N. The van der Waals surface area contributed by atoms with Gasteiger partial charge in [-0.1, -0.05) is 182 Å². The Labute approximate surface area is 350 Å². The standard InChI is InChI=1S/C59H37N/c1-3-14-38(15-4-1)40-26-30-42(31-27-40)60(43-32-28-41(29-33-43)39-16-5-2-6-17-39)44-34-35-48-47-20-9-11-24-53(47)59(55(48)36-44)54-25-12-10-21-50(54)58-51-23-13-22-49-45-18-7-8-19-46(45)52(57(49)51)37-56(58)59/h1-37H. The molecule has 0 amide bonds. The van der Waals surface area contributed by atoms with Gasteiger partial charge in [-0.05, 0) is 142 Å². The summed E-state index contributed by atoms with van der Waals surface area (Å²) in [5.74, 6) is 0. The smallest absolute Gasteiger partial charge is 0.0726 e. The molecule has 1 heteroatoms. The monoisotopic (exact) mass is 759 g/mol. The summed E-state index contributed by atoms with van der Waals surface area (Å²) >= 11 is 0. The Bertz CT molecular complexity index is 3260. The van der Waals surface area contributed by atoms with Crippen molar-refractivity contribution in [3.8, 4) is 66.8 Å². The Kier molecular flexibility index (Phi) is 7.00. The first-order valence-corrected chi connectivity index (χ1v) is 20.9. The van der Waals surface area contributed by atoms with Gasteiger partial charge in [0.1, 0.15) is 0 Å². The van der Waals surface area contributed by atoms with Crippen LogP contribution in [-0.4, -0.2) is 0 Å². The van der Waals surface area contributed by atoms with Crippen LogP contribution in [-0.2, 0) is 5.41 Å². The lowest BCUT2D eigenvalue weighted by Crippen LogP contribution is -2.26. The Hall–Kier alpha value is -7.74. The first-order valence-electron chi connectivity index (χ1n) is 20.9. The molecule has 3 aliphatic rings. The van der Waals surface area contributed by atoms with Crippen LogP contribution >= 0.6 is 0 Å². The van der Waals surface area contributed by atoms with Crippen molar-refractivity contribution in [2.24, 2.45) is 0 Å². The SMILES string of the molecule is c1ccc(-c2ccc(N(c3ccc(-c4ccccc4)cc3)c3ccc4c(c3)C3(c5ccccc5-4)c4ccccc4-c4c3cc3c5c(cccc45)-c4ccccc4-3)cc2)cc1. The van der Waals surface area contributed by atoms with E-state index in [0.717, 1.165) is 17.1 Å². The molecule has 1 atom stereocenters. The predicted octanol–water partition coefficient (Wildman–Crippen LogP) is 15.6. The van der Waals surface area contributed by atoms with Gasteiger partial charge >= 0.3 is 0 Å². The second-order valence-electron chi connectivity index (χ2n) is 16.4. The van der Waals surface area contributed by atoms with Crippen LogP contribution < -0.4 is 4.90 Å². The maximum absolute atomic E-state index is 2.56. The zero-order valence-electron chi connectivity index (χ0n) is 32.8.